The minimum atomic E-state index is -0.469. The number of hydrazine groups is 1. The van der Waals surface area contributed by atoms with Gasteiger partial charge in [0, 0.05) is 17.9 Å². The van der Waals surface area contributed by atoms with Crippen LogP contribution in [-0.4, -0.2) is 34.3 Å². The van der Waals surface area contributed by atoms with Crippen LogP contribution in [0.1, 0.15) is 34.6 Å². The Kier molecular flexibility index (Phi) is 3.48. The molecule has 1 aliphatic rings. The van der Waals surface area contributed by atoms with Gasteiger partial charge in [0.25, 0.3) is 11.8 Å². The molecule has 0 aliphatic carbocycles. The van der Waals surface area contributed by atoms with Crippen LogP contribution in [0.15, 0.2) is 34.8 Å². The van der Waals surface area contributed by atoms with Crippen molar-refractivity contribution >= 4 is 44.4 Å². The summed E-state index contributed by atoms with van der Waals surface area (Å²) in [6.45, 7) is 3.31. The third kappa shape index (κ3) is 1.94. The van der Waals surface area contributed by atoms with E-state index in [1.165, 1.54) is 6.92 Å². The smallest absolute Gasteiger partial charge is 0.273 e. The van der Waals surface area contributed by atoms with E-state index >= 15 is 0 Å². The second-order valence-corrected chi connectivity index (χ2v) is 5.84. The summed E-state index contributed by atoms with van der Waals surface area (Å²) in [5, 5.41) is 3.65. The zero-order valence-corrected chi connectivity index (χ0v) is 13.7. The van der Waals surface area contributed by atoms with Gasteiger partial charge < -0.3 is 0 Å². The molecule has 0 spiro atoms. The molecule has 0 bridgehead atoms. The van der Waals surface area contributed by atoms with Gasteiger partial charge in [-0.25, -0.2) is 5.01 Å². The average molecular weight is 361 g/mol. The maximum Gasteiger partial charge on any atom is 0.281 e. The second kappa shape index (κ2) is 5.21. The van der Waals surface area contributed by atoms with Crippen molar-refractivity contribution < 1.29 is 14.4 Å². The van der Waals surface area contributed by atoms with Crippen molar-refractivity contribution in [2.24, 2.45) is 0 Å². The molecule has 0 radical (unpaired) electrons. The van der Waals surface area contributed by atoms with E-state index in [0.29, 0.717) is 16.5 Å². The molecule has 0 saturated carbocycles. The molecule has 3 amide bonds. The molecular formula is C16H13BrN2O3. The highest BCUT2D eigenvalue weighted by atomic mass is 79.9. The Morgan fingerprint density at radius 1 is 1.18 bits per heavy atom. The summed E-state index contributed by atoms with van der Waals surface area (Å²) in [4.78, 5) is 37.0. The van der Waals surface area contributed by atoms with E-state index in [1.54, 1.807) is 19.1 Å². The van der Waals surface area contributed by atoms with Crippen molar-refractivity contribution in [1.29, 1.82) is 0 Å². The quantitative estimate of drug-likeness (QED) is 0.773. The average Bonchev–Trinajstić information content (AvgIpc) is 2.73. The molecule has 2 aromatic carbocycles. The van der Waals surface area contributed by atoms with E-state index in [9.17, 15) is 14.4 Å². The highest BCUT2D eigenvalue weighted by Crippen LogP contribution is 2.35. The Bertz CT molecular complexity index is 831. The van der Waals surface area contributed by atoms with E-state index < -0.39 is 11.8 Å². The van der Waals surface area contributed by atoms with Gasteiger partial charge in [-0.2, -0.15) is 5.01 Å². The number of rotatable bonds is 2. The summed E-state index contributed by atoms with van der Waals surface area (Å²) in [7, 11) is 0. The first-order chi connectivity index (χ1) is 10.5. The second-order valence-electron chi connectivity index (χ2n) is 4.98. The first kappa shape index (κ1) is 14.7. The Balaban J connectivity index is 2.26. The van der Waals surface area contributed by atoms with E-state index in [4.69, 9.17) is 0 Å². The van der Waals surface area contributed by atoms with Crippen LogP contribution in [0.3, 0.4) is 0 Å². The van der Waals surface area contributed by atoms with Gasteiger partial charge in [-0.15, -0.1) is 0 Å². The molecule has 0 aromatic heterocycles. The lowest BCUT2D eigenvalue weighted by Gasteiger charge is -2.27. The van der Waals surface area contributed by atoms with Crippen LogP contribution in [0.2, 0.25) is 0 Å². The lowest BCUT2D eigenvalue weighted by molar-refractivity contribution is -0.138. The van der Waals surface area contributed by atoms with Crippen molar-refractivity contribution in [2.45, 2.75) is 13.8 Å². The molecule has 1 aliphatic heterocycles. The van der Waals surface area contributed by atoms with E-state index in [2.05, 4.69) is 15.9 Å². The van der Waals surface area contributed by atoms with Gasteiger partial charge in [-0.3, -0.25) is 14.4 Å². The number of carbonyl (C=O) groups is 3. The lowest BCUT2D eigenvalue weighted by atomic mass is 10.0. The molecule has 0 atom stereocenters. The Hall–Kier alpha value is -2.21. The molecule has 0 fully saturated rings. The summed E-state index contributed by atoms with van der Waals surface area (Å²) in [5.74, 6) is -1.27. The van der Waals surface area contributed by atoms with E-state index in [-0.39, 0.29) is 12.5 Å². The molecule has 1 heterocycles. The number of benzene rings is 2. The van der Waals surface area contributed by atoms with Gasteiger partial charge in [0.2, 0.25) is 5.91 Å². The molecule has 0 N–H and O–H groups in total. The largest absolute Gasteiger partial charge is 0.281 e. The van der Waals surface area contributed by atoms with Crippen molar-refractivity contribution in [1.82, 2.24) is 10.0 Å². The van der Waals surface area contributed by atoms with Crippen LogP contribution in [0, 0.1) is 0 Å². The van der Waals surface area contributed by atoms with Gasteiger partial charge >= 0.3 is 0 Å². The monoisotopic (exact) mass is 360 g/mol. The fourth-order valence-electron chi connectivity index (χ4n) is 2.77. The number of nitrogens with zero attached hydrogens (tertiary/aromatic N) is 2. The summed E-state index contributed by atoms with van der Waals surface area (Å²) in [6.07, 6.45) is 0. The number of hydrogen-bond acceptors (Lipinski definition) is 3. The topological polar surface area (TPSA) is 57.7 Å². The van der Waals surface area contributed by atoms with Crippen molar-refractivity contribution in [3.63, 3.8) is 0 Å². The minimum Gasteiger partial charge on any atom is -0.273 e. The van der Waals surface area contributed by atoms with Gasteiger partial charge in [-0.1, -0.05) is 40.2 Å². The summed E-state index contributed by atoms with van der Waals surface area (Å²) in [5.41, 5.74) is 0.666. The Morgan fingerprint density at radius 2 is 1.82 bits per heavy atom. The van der Waals surface area contributed by atoms with Gasteiger partial charge in [-0.05, 0) is 23.8 Å². The van der Waals surface area contributed by atoms with Crippen molar-refractivity contribution in [2.75, 3.05) is 6.54 Å². The van der Waals surface area contributed by atoms with Crippen LogP contribution >= 0.6 is 15.9 Å². The van der Waals surface area contributed by atoms with Crippen LogP contribution in [0.25, 0.3) is 10.8 Å². The number of hydrogen-bond donors (Lipinski definition) is 0. The lowest BCUT2D eigenvalue weighted by Crippen LogP contribution is -2.48. The number of carbonyl (C=O) groups excluding carboxylic acids is 3. The fourth-order valence-corrected chi connectivity index (χ4v) is 3.34. The normalized spacial score (nSPS) is 13.7. The number of halogens is 1. The predicted octanol–water partition coefficient (Wildman–Crippen LogP) is 2.98. The molecule has 112 valence electrons. The fraction of sp³-hybridized carbons (Fsp3) is 0.188. The van der Waals surface area contributed by atoms with Gasteiger partial charge in [0.1, 0.15) is 0 Å². The molecule has 3 rings (SSSR count). The number of imide groups is 1. The highest BCUT2D eigenvalue weighted by Gasteiger charge is 2.41. The summed E-state index contributed by atoms with van der Waals surface area (Å²) in [6, 6.07) is 9.01. The summed E-state index contributed by atoms with van der Waals surface area (Å²) < 4.78 is 0.746. The molecule has 6 heteroatoms. The zero-order chi connectivity index (χ0) is 16.0. The van der Waals surface area contributed by atoms with Crippen LogP contribution in [-0.2, 0) is 4.79 Å². The molecule has 5 nitrogen and oxygen atoms in total. The third-order valence-electron chi connectivity index (χ3n) is 3.73. The predicted molar refractivity (Wildman–Crippen MR) is 85.2 cm³/mol. The molecule has 0 unspecified atom stereocenters. The minimum absolute atomic E-state index is 0.250. The van der Waals surface area contributed by atoms with Crippen molar-refractivity contribution in [3.05, 3.63) is 45.9 Å². The molecule has 0 saturated heterocycles. The summed E-state index contributed by atoms with van der Waals surface area (Å²) >= 11 is 3.44. The standard InChI is InChI=1S/C16H13BrN2O3/c1-3-18(9(2)20)19-15(21)12-8-13(17)10-6-4-5-7-11(10)14(12)16(19)22/h4-8H,3H2,1-2H3. The SMILES string of the molecule is CCN(C(C)=O)N1C(=O)c2cc(Br)c3ccccc3c2C1=O. The first-order valence-corrected chi connectivity index (χ1v) is 7.64. The third-order valence-corrected chi connectivity index (χ3v) is 4.38. The number of amides is 3. The van der Waals surface area contributed by atoms with Crippen molar-refractivity contribution in [3.8, 4) is 0 Å². The maximum absolute atomic E-state index is 12.7. The van der Waals surface area contributed by atoms with E-state index in [1.807, 2.05) is 18.2 Å². The zero-order valence-electron chi connectivity index (χ0n) is 12.1. The van der Waals surface area contributed by atoms with Crippen LogP contribution in [0.4, 0.5) is 0 Å². The first-order valence-electron chi connectivity index (χ1n) is 6.85. The van der Waals surface area contributed by atoms with Crippen LogP contribution in [0.5, 0.6) is 0 Å². The van der Waals surface area contributed by atoms with Gasteiger partial charge in [0.05, 0.1) is 11.1 Å². The Labute approximate surface area is 135 Å². The van der Waals surface area contributed by atoms with E-state index in [0.717, 1.165) is 19.9 Å². The van der Waals surface area contributed by atoms with Gasteiger partial charge in [0.15, 0.2) is 0 Å². The van der Waals surface area contributed by atoms with Crippen LogP contribution < -0.4 is 0 Å². The number of fused-ring (bicyclic) bond motifs is 3. The molecule has 2 aromatic rings. The maximum atomic E-state index is 12.7. The molecular weight excluding hydrogens is 348 g/mol. The Morgan fingerprint density at radius 3 is 2.41 bits per heavy atom. The molecule has 22 heavy (non-hydrogen) atoms. The highest BCUT2D eigenvalue weighted by molar-refractivity contribution is 9.10.